The fraction of sp³-hybridized carbons (Fsp3) is 0.273. The molecule has 3 nitrogen and oxygen atoms in total. The molecule has 72 valence electrons. The minimum atomic E-state index is 0.100. The summed E-state index contributed by atoms with van der Waals surface area (Å²) in [5, 5.41) is 0. The van der Waals surface area contributed by atoms with Gasteiger partial charge in [-0.1, -0.05) is 0 Å². The summed E-state index contributed by atoms with van der Waals surface area (Å²) in [6, 6.07) is 3.72. The van der Waals surface area contributed by atoms with Crippen LogP contribution in [0.25, 0.3) is 11.0 Å². The minimum Gasteiger partial charge on any atom is -0.334 e. The van der Waals surface area contributed by atoms with Gasteiger partial charge in [0.15, 0.2) is 5.43 Å². The van der Waals surface area contributed by atoms with Gasteiger partial charge in [-0.3, -0.25) is 4.79 Å². The predicted octanol–water partition coefficient (Wildman–Crippen LogP) is 1.55. The maximum Gasteiger partial charge on any atom is 0.184 e. The summed E-state index contributed by atoms with van der Waals surface area (Å²) in [7, 11) is 1.93. The minimum absolute atomic E-state index is 0.100. The van der Waals surface area contributed by atoms with Gasteiger partial charge in [-0.2, -0.15) is 0 Å². The second kappa shape index (κ2) is 2.94. The van der Waals surface area contributed by atoms with Crippen molar-refractivity contribution in [2.24, 2.45) is 7.05 Å². The van der Waals surface area contributed by atoms with Gasteiger partial charge in [-0.05, 0) is 37.1 Å². The average molecular weight is 188 g/mol. The first kappa shape index (κ1) is 8.94. The summed E-state index contributed by atoms with van der Waals surface area (Å²) in [4.78, 5) is 15.9. The van der Waals surface area contributed by atoms with E-state index in [1.54, 1.807) is 6.33 Å². The first-order valence-corrected chi connectivity index (χ1v) is 4.52. The average Bonchev–Trinajstić information content (AvgIpc) is 2.43. The predicted molar refractivity (Wildman–Crippen MR) is 56.5 cm³/mol. The van der Waals surface area contributed by atoms with Crippen LogP contribution in [0.3, 0.4) is 0 Å². The van der Waals surface area contributed by atoms with Crippen molar-refractivity contribution < 1.29 is 0 Å². The summed E-state index contributed by atoms with van der Waals surface area (Å²) in [6.07, 6.45) is 1.76. The van der Waals surface area contributed by atoms with Crippen LogP contribution in [0.4, 0.5) is 0 Å². The molecule has 14 heavy (non-hydrogen) atoms. The van der Waals surface area contributed by atoms with E-state index < -0.39 is 0 Å². The lowest BCUT2D eigenvalue weighted by molar-refractivity contribution is 0.947. The molecule has 2 aromatic rings. The maximum atomic E-state index is 11.6. The zero-order valence-electron chi connectivity index (χ0n) is 8.53. The third kappa shape index (κ3) is 1.21. The van der Waals surface area contributed by atoms with Crippen molar-refractivity contribution in [3.8, 4) is 0 Å². The number of aromatic nitrogens is 2. The Morgan fingerprint density at radius 3 is 2.57 bits per heavy atom. The quantitative estimate of drug-likeness (QED) is 0.628. The number of nitrogens with zero attached hydrogens (tertiary/aromatic N) is 2. The normalized spacial score (nSPS) is 10.8. The lowest BCUT2D eigenvalue weighted by atomic mass is 10.2. The summed E-state index contributed by atoms with van der Waals surface area (Å²) in [5.74, 6) is 0. The van der Waals surface area contributed by atoms with E-state index in [4.69, 9.17) is 0 Å². The molecule has 1 aromatic heterocycles. The number of rotatable bonds is 0. The van der Waals surface area contributed by atoms with Crippen LogP contribution in [0.2, 0.25) is 0 Å². The Bertz CT molecular complexity index is 555. The molecule has 0 atom stereocenters. The molecule has 0 aliphatic carbocycles. The standard InChI is InChI=1S/C11H12N2O/c1-7-4-9-10(13(3)6-12-9)5-8(2)11(7)14/h4-6H,1-3H3. The lowest BCUT2D eigenvalue weighted by Gasteiger charge is -1.89. The van der Waals surface area contributed by atoms with Crippen molar-refractivity contribution in [1.82, 2.24) is 9.55 Å². The SMILES string of the molecule is Cc1cc2ncn(C)c2cc(C)c1=O. The molecule has 2 rings (SSSR count). The van der Waals surface area contributed by atoms with Gasteiger partial charge in [0.2, 0.25) is 0 Å². The molecule has 0 fully saturated rings. The molecular formula is C11H12N2O. The third-order valence-electron chi connectivity index (χ3n) is 2.44. The topological polar surface area (TPSA) is 34.9 Å². The van der Waals surface area contributed by atoms with Crippen molar-refractivity contribution in [2.45, 2.75) is 13.8 Å². The number of aryl methyl sites for hydroxylation is 3. The van der Waals surface area contributed by atoms with E-state index in [-0.39, 0.29) is 5.43 Å². The van der Waals surface area contributed by atoms with Crippen molar-refractivity contribution in [1.29, 1.82) is 0 Å². The second-order valence-corrected chi connectivity index (χ2v) is 3.61. The van der Waals surface area contributed by atoms with Gasteiger partial charge in [0, 0.05) is 7.05 Å². The summed E-state index contributed by atoms with van der Waals surface area (Å²) < 4.78 is 1.92. The Morgan fingerprint density at radius 2 is 1.86 bits per heavy atom. The molecule has 3 heteroatoms. The number of hydrogen-bond acceptors (Lipinski definition) is 2. The van der Waals surface area contributed by atoms with E-state index >= 15 is 0 Å². The largest absolute Gasteiger partial charge is 0.334 e. The summed E-state index contributed by atoms with van der Waals surface area (Å²) >= 11 is 0. The molecule has 0 spiro atoms. The van der Waals surface area contributed by atoms with Crippen LogP contribution in [-0.4, -0.2) is 9.55 Å². The van der Waals surface area contributed by atoms with Crippen LogP contribution in [0.5, 0.6) is 0 Å². The second-order valence-electron chi connectivity index (χ2n) is 3.61. The van der Waals surface area contributed by atoms with Crippen molar-refractivity contribution in [2.75, 3.05) is 0 Å². The van der Waals surface area contributed by atoms with Crippen LogP contribution in [-0.2, 0) is 7.05 Å². The Morgan fingerprint density at radius 1 is 1.21 bits per heavy atom. The van der Waals surface area contributed by atoms with Gasteiger partial charge < -0.3 is 4.57 Å². The molecule has 0 bridgehead atoms. The van der Waals surface area contributed by atoms with Gasteiger partial charge >= 0.3 is 0 Å². The molecule has 0 aliphatic rings. The molecule has 0 amide bonds. The first-order valence-electron chi connectivity index (χ1n) is 4.52. The number of imidazole rings is 1. The lowest BCUT2D eigenvalue weighted by Crippen LogP contribution is -2.03. The molecule has 1 aromatic carbocycles. The van der Waals surface area contributed by atoms with E-state index in [2.05, 4.69) is 4.98 Å². The van der Waals surface area contributed by atoms with Crippen molar-refractivity contribution >= 4 is 11.0 Å². The van der Waals surface area contributed by atoms with Crippen molar-refractivity contribution in [3.63, 3.8) is 0 Å². The zero-order valence-corrected chi connectivity index (χ0v) is 8.53. The highest BCUT2D eigenvalue weighted by Gasteiger charge is 2.02. The fourth-order valence-corrected chi connectivity index (χ4v) is 1.60. The van der Waals surface area contributed by atoms with Gasteiger partial charge in [0.25, 0.3) is 0 Å². The van der Waals surface area contributed by atoms with Crippen LogP contribution in [0.15, 0.2) is 23.3 Å². The highest BCUT2D eigenvalue weighted by Crippen LogP contribution is 2.10. The van der Waals surface area contributed by atoms with Crippen LogP contribution < -0.4 is 5.43 Å². The van der Waals surface area contributed by atoms with E-state index in [0.717, 1.165) is 22.2 Å². The van der Waals surface area contributed by atoms with Crippen LogP contribution >= 0.6 is 0 Å². The van der Waals surface area contributed by atoms with Crippen LogP contribution in [0.1, 0.15) is 11.1 Å². The third-order valence-corrected chi connectivity index (χ3v) is 2.44. The molecule has 1 heterocycles. The van der Waals surface area contributed by atoms with Crippen LogP contribution in [0, 0.1) is 13.8 Å². The molecule has 0 radical (unpaired) electrons. The first-order chi connectivity index (χ1) is 6.59. The molecule has 0 N–H and O–H groups in total. The van der Waals surface area contributed by atoms with Gasteiger partial charge in [-0.25, -0.2) is 4.98 Å². The van der Waals surface area contributed by atoms with Gasteiger partial charge in [0.05, 0.1) is 17.4 Å². The molecule has 0 unspecified atom stereocenters. The highest BCUT2D eigenvalue weighted by molar-refractivity contribution is 5.75. The number of fused-ring (bicyclic) bond motifs is 1. The summed E-state index contributed by atoms with van der Waals surface area (Å²) in [6.45, 7) is 3.66. The number of hydrogen-bond donors (Lipinski definition) is 0. The Labute approximate surface area is 82.0 Å². The van der Waals surface area contributed by atoms with Crippen molar-refractivity contribution in [3.05, 3.63) is 39.8 Å². The monoisotopic (exact) mass is 188 g/mol. The Kier molecular flexibility index (Phi) is 1.88. The highest BCUT2D eigenvalue weighted by atomic mass is 16.1. The summed E-state index contributed by atoms with van der Waals surface area (Å²) in [5.41, 5.74) is 3.48. The molecule has 0 saturated heterocycles. The smallest absolute Gasteiger partial charge is 0.184 e. The van der Waals surface area contributed by atoms with Gasteiger partial charge in [-0.15, -0.1) is 0 Å². The van der Waals surface area contributed by atoms with E-state index in [1.807, 2.05) is 37.6 Å². The van der Waals surface area contributed by atoms with Gasteiger partial charge in [0.1, 0.15) is 0 Å². The van der Waals surface area contributed by atoms with E-state index in [9.17, 15) is 4.79 Å². The molecule has 0 saturated carbocycles. The zero-order chi connectivity index (χ0) is 10.3. The maximum absolute atomic E-state index is 11.6. The van der Waals surface area contributed by atoms with E-state index in [1.165, 1.54) is 0 Å². The Hall–Kier alpha value is -1.64. The fourth-order valence-electron chi connectivity index (χ4n) is 1.60. The van der Waals surface area contributed by atoms with E-state index in [0.29, 0.717) is 0 Å². The Balaban J connectivity index is 3.04. The molecular weight excluding hydrogens is 176 g/mol. The molecule has 0 aliphatic heterocycles.